The average molecular weight is 262 g/mol. The molecule has 4 nitrogen and oxygen atoms in total. The molecule has 0 amide bonds. The molecule has 1 aromatic heterocycles. The third-order valence-electron chi connectivity index (χ3n) is 4.47. The number of aromatic nitrogens is 1. The number of hydrogen-bond donors (Lipinski definition) is 1. The monoisotopic (exact) mass is 262 g/mol. The van der Waals surface area contributed by atoms with Crippen LogP contribution in [-0.4, -0.2) is 47.8 Å². The highest BCUT2D eigenvalue weighted by atomic mass is 16.5. The molecule has 1 aromatic rings. The Labute approximate surface area is 114 Å². The van der Waals surface area contributed by atoms with E-state index in [-0.39, 0.29) is 0 Å². The molecule has 1 aliphatic heterocycles. The summed E-state index contributed by atoms with van der Waals surface area (Å²) in [4.78, 5) is 6.60. The number of ether oxygens (including phenoxy) is 1. The van der Waals surface area contributed by atoms with Crippen LogP contribution in [0, 0.1) is 5.92 Å². The molecule has 3 atom stereocenters. The van der Waals surface area contributed by atoms with Gasteiger partial charge in [-0.3, -0.25) is 9.88 Å². The fraction of sp³-hybridized carbons (Fsp3) is 0.667. The van der Waals surface area contributed by atoms with E-state index in [2.05, 4.69) is 23.0 Å². The van der Waals surface area contributed by atoms with E-state index in [0.29, 0.717) is 24.5 Å². The average Bonchev–Trinajstić information content (AvgIpc) is 3.17. The third kappa shape index (κ3) is 2.90. The van der Waals surface area contributed by atoms with Crippen LogP contribution in [-0.2, 0) is 0 Å². The van der Waals surface area contributed by atoms with Crippen LogP contribution in [0.1, 0.15) is 30.7 Å². The molecule has 4 heteroatoms. The lowest BCUT2D eigenvalue weighted by molar-refractivity contribution is 0.0767. The fourth-order valence-electron chi connectivity index (χ4n) is 2.83. The van der Waals surface area contributed by atoms with Gasteiger partial charge in [-0.15, -0.1) is 0 Å². The maximum Gasteiger partial charge on any atom is 0.137 e. The van der Waals surface area contributed by atoms with Crippen molar-refractivity contribution in [2.24, 2.45) is 5.92 Å². The molecule has 3 rings (SSSR count). The summed E-state index contributed by atoms with van der Waals surface area (Å²) in [5, 5.41) is 8.95. The summed E-state index contributed by atoms with van der Waals surface area (Å²) in [6.07, 6.45) is 7.04. The zero-order valence-corrected chi connectivity index (χ0v) is 11.5. The minimum absolute atomic E-state index is 0.290. The first-order chi connectivity index (χ1) is 9.28. The Morgan fingerprint density at radius 1 is 1.47 bits per heavy atom. The van der Waals surface area contributed by atoms with Crippen molar-refractivity contribution in [1.82, 2.24) is 9.88 Å². The van der Waals surface area contributed by atoms with Crippen LogP contribution in [0.15, 0.2) is 18.5 Å². The minimum atomic E-state index is 0.290. The molecule has 2 heterocycles. The van der Waals surface area contributed by atoms with Gasteiger partial charge in [0, 0.05) is 18.8 Å². The summed E-state index contributed by atoms with van der Waals surface area (Å²) >= 11 is 0. The Morgan fingerprint density at radius 3 is 3.05 bits per heavy atom. The summed E-state index contributed by atoms with van der Waals surface area (Å²) < 4.78 is 5.84. The second-order valence-electron chi connectivity index (χ2n) is 5.80. The maximum atomic E-state index is 8.95. The molecule has 1 saturated heterocycles. The summed E-state index contributed by atoms with van der Waals surface area (Å²) in [5.41, 5.74) is 1.26. The topological polar surface area (TPSA) is 45.6 Å². The quantitative estimate of drug-likeness (QED) is 0.846. The number of pyridine rings is 1. The molecule has 1 aliphatic carbocycles. The minimum Gasteiger partial charge on any atom is -0.490 e. The fourth-order valence-corrected chi connectivity index (χ4v) is 2.83. The van der Waals surface area contributed by atoms with Crippen LogP contribution < -0.4 is 4.74 Å². The normalized spacial score (nSPS) is 29.9. The number of rotatable bonds is 6. The van der Waals surface area contributed by atoms with Crippen molar-refractivity contribution in [2.75, 3.05) is 26.8 Å². The van der Waals surface area contributed by atoms with Crippen molar-refractivity contribution in [3.8, 4) is 5.75 Å². The van der Waals surface area contributed by atoms with Gasteiger partial charge < -0.3 is 9.84 Å². The van der Waals surface area contributed by atoms with Gasteiger partial charge in [0.1, 0.15) is 12.4 Å². The number of likely N-dealkylation sites (tertiary alicyclic amines) is 1. The van der Waals surface area contributed by atoms with Gasteiger partial charge in [0.15, 0.2) is 0 Å². The standard InChI is InChI=1S/C15H22N2O2/c1-17-4-2-13(17)10-19-14-6-12(8-16-9-14)15-7-11(15)3-5-18/h6,8-9,11,13,15,18H,2-5,7,10H2,1H3/t11-,13-,15+/m1/s1. The first-order valence-electron chi connectivity index (χ1n) is 7.17. The van der Waals surface area contributed by atoms with Crippen LogP contribution >= 0.6 is 0 Å². The van der Waals surface area contributed by atoms with Crippen LogP contribution in [0.3, 0.4) is 0 Å². The van der Waals surface area contributed by atoms with Gasteiger partial charge in [0.25, 0.3) is 0 Å². The molecule has 2 fully saturated rings. The second-order valence-corrected chi connectivity index (χ2v) is 5.80. The number of likely N-dealkylation sites (N-methyl/N-ethyl adjacent to an activating group) is 1. The first kappa shape index (κ1) is 12.9. The molecule has 0 unspecified atom stereocenters. The van der Waals surface area contributed by atoms with Crippen molar-refractivity contribution in [3.63, 3.8) is 0 Å². The summed E-state index contributed by atoms with van der Waals surface area (Å²) in [6, 6.07) is 2.68. The van der Waals surface area contributed by atoms with Gasteiger partial charge in [-0.2, -0.15) is 0 Å². The zero-order valence-electron chi connectivity index (χ0n) is 11.5. The van der Waals surface area contributed by atoms with Gasteiger partial charge in [-0.1, -0.05) is 0 Å². The highest BCUT2D eigenvalue weighted by Crippen LogP contribution is 2.49. The van der Waals surface area contributed by atoms with E-state index in [0.717, 1.165) is 18.8 Å². The molecule has 2 aliphatic rings. The van der Waals surface area contributed by atoms with Gasteiger partial charge in [0.2, 0.25) is 0 Å². The van der Waals surface area contributed by atoms with Crippen molar-refractivity contribution >= 4 is 0 Å². The Balaban J connectivity index is 1.55. The molecule has 19 heavy (non-hydrogen) atoms. The highest BCUT2D eigenvalue weighted by Gasteiger charge is 2.37. The van der Waals surface area contributed by atoms with Crippen LogP contribution in [0.25, 0.3) is 0 Å². The Morgan fingerprint density at radius 2 is 2.37 bits per heavy atom. The van der Waals surface area contributed by atoms with E-state index in [1.165, 1.54) is 24.9 Å². The molecule has 1 N–H and O–H groups in total. The Kier molecular flexibility index (Phi) is 3.71. The third-order valence-corrected chi connectivity index (χ3v) is 4.47. The predicted octanol–water partition coefficient (Wildman–Crippen LogP) is 1.65. The lowest BCUT2D eigenvalue weighted by atomic mass is 10.1. The lowest BCUT2D eigenvalue weighted by Gasteiger charge is -2.37. The van der Waals surface area contributed by atoms with E-state index in [4.69, 9.17) is 9.84 Å². The van der Waals surface area contributed by atoms with Crippen molar-refractivity contribution in [3.05, 3.63) is 24.0 Å². The van der Waals surface area contributed by atoms with Gasteiger partial charge >= 0.3 is 0 Å². The second kappa shape index (κ2) is 5.47. The number of nitrogens with zero attached hydrogens (tertiary/aromatic N) is 2. The molecule has 0 aromatic carbocycles. The molecule has 0 radical (unpaired) electrons. The summed E-state index contributed by atoms with van der Waals surface area (Å²) in [6.45, 7) is 2.22. The van der Waals surface area contributed by atoms with E-state index in [1.54, 1.807) is 6.20 Å². The Bertz CT molecular complexity index is 438. The van der Waals surface area contributed by atoms with Crippen molar-refractivity contribution in [1.29, 1.82) is 0 Å². The summed E-state index contributed by atoms with van der Waals surface area (Å²) in [7, 11) is 2.13. The summed E-state index contributed by atoms with van der Waals surface area (Å²) in [5.74, 6) is 2.10. The molecule has 1 saturated carbocycles. The smallest absolute Gasteiger partial charge is 0.137 e. The predicted molar refractivity (Wildman–Crippen MR) is 73.3 cm³/mol. The molecule has 0 spiro atoms. The van der Waals surface area contributed by atoms with E-state index < -0.39 is 0 Å². The van der Waals surface area contributed by atoms with Gasteiger partial charge in [-0.05, 0) is 56.3 Å². The zero-order chi connectivity index (χ0) is 13.2. The Hall–Kier alpha value is -1.13. The van der Waals surface area contributed by atoms with Crippen molar-refractivity contribution in [2.45, 2.75) is 31.2 Å². The number of hydrogen-bond acceptors (Lipinski definition) is 4. The van der Waals surface area contributed by atoms with E-state index in [9.17, 15) is 0 Å². The molecular weight excluding hydrogens is 240 g/mol. The van der Waals surface area contributed by atoms with Crippen LogP contribution in [0.2, 0.25) is 0 Å². The van der Waals surface area contributed by atoms with Gasteiger partial charge in [0.05, 0.1) is 6.20 Å². The number of aliphatic hydroxyl groups excluding tert-OH is 1. The van der Waals surface area contributed by atoms with Crippen molar-refractivity contribution < 1.29 is 9.84 Å². The van der Waals surface area contributed by atoms with E-state index >= 15 is 0 Å². The SMILES string of the molecule is CN1CC[C@@H]1COc1cncc([C@H]2C[C@H]2CCO)c1. The first-order valence-corrected chi connectivity index (χ1v) is 7.17. The van der Waals surface area contributed by atoms with Crippen LogP contribution in [0.5, 0.6) is 5.75 Å². The highest BCUT2D eigenvalue weighted by molar-refractivity contribution is 5.30. The lowest BCUT2D eigenvalue weighted by Crippen LogP contribution is -2.48. The van der Waals surface area contributed by atoms with Crippen LogP contribution in [0.4, 0.5) is 0 Å². The molecule has 104 valence electrons. The molecular formula is C15H22N2O2. The largest absolute Gasteiger partial charge is 0.490 e. The van der Waals surface area contributed by atoms with E-state index in [1.807, 2.05) is 6.20 Å². The molecule has 0 bridgehead atoms. The number of aliphatic hydroxyl groups is 1. The maximum absolute atomic E-state index is 8.95. The van der Waals surface area contributed by atoms with Gasteiger partial charge in [-0.25, -0.2) is 0 Å².